The number of hydrogen-bond donors (Lipinski definition) is 1. The number of nitrogens with zero attached hydrogens (tertiary/aromatic N) is 3. The predicted octanol–water partition coefficient (Wildman–Crippen LogP) is 2.80. The molecule has 0 saturated heterocycles. The number of ether oxygens (including phenoxy) is 1. The molecule has 6 heteroatoms. The zero-order valence-electron chi connectivity index (χ0n) is 8.09. The van der Waals surface area contributed by atoms with Gasteiger partial charge in [-0.05, 0) is 17.7 Å². The maximum absolute atomic E-state index is 9.07. The minimum atomic E-state index is -0.613. The highest BCUT2D eigenvalue weighted by Gasteiger charge is 2.13. The Labute approximate surface area is 95.4 Å². The van der Waals surface area contributed by atoms with Gasteiger partial charge in [0, 0.05) is 14.9 Å². The Morgan fingerprint density at radius 2 is 2.40 bits per heavy atom. The Morgan fingerprint density at radius 3 is 2.93 bits per heavy atom. The smallest absolute Gasteiger partial charge is 0.123 e. The largest absolute Gasteiger partial charge is 0.496 e. The Kier molecular flexibility index (Phi) is 4.42. The number of aliphatic hydroxyl groups excluding tert-OH is 1. The van der Waals surface area contributed by atoms with E-state index in [1.165, 1.54) is 7.11 Å². The van der Waals surface area contributed by atoms with Crippen molar-refractivity contribution in [1.82, 2.24) is 0 Å². The highest BCUT2D eigenvalue weighted by atomic mass is 79.9. The molecule has 1 rings (SSSR count). The molecule has 5 nitrogen and oxygen atoms in total. The lowest BCUT2D eigenvalue weighted by Gasteiger charge is -2.13. The highest BCUT2D eigenvalue weighted by Crippen LogP contribution is 2.30. The first-order chi connectivity index (χ1) is 7.22. The van der Waals surface area contributed by atoms with Crippen molar-refractivity contribution in [2.45, 2.75) is 6.04 Å². The molecule has 0 fully saturated rings. The summed E-state index contributed by atoms with van der Waals surface area (Å²) in [6.07, 6.45) is 0. The van der Waals surface area contributed by atoms with Crippen LogP contribution in [0.1, 0.15) is 11.6 Å². The normalized spacial score (nSPS) is 11.7. The van der Waals surface area contributed by atoms with Crippen molar-refractivity contribution in [2.75, 3.05) is 13.7 Å². The average Bonchev–Trinajstić information content (AvgIpc) is 2.26. The zero-order chi connectivity index (χ0) is 11.3. The van der Waals surface area contributed by atoms with Crippen molar-refractivity contribution in [2.24, 2.45) is 5.11 Å². The molecule has 0 saturated carbocycles. The van der Waals surface area contributed by atoms with Gasteiger partial charge < -0.3 is 9.84 Å². The summed E-state index contributed by atoms with van der Waals surface area (Å²) in [6, 6.07) is 4.69. The molecule has 0 aliphatic rings. The van der Waals surface area contributed by atoms with E-state index in [2.05, 4.69) is 26.0 Å². The van der Waals surface area contributed by atoms with Crippen LogP contribution in [-0.4, -0.2) is 18.8 Å². The lowest BCUT2D eigenvalue weighted by atomic mass is 10.1. The summed E-state index contributed by atoms with van der Waals surface area (Å²) >= 11 is 3.30. The average molecular weight is 272 g/mol. The van der Waals surface area contributed by atoms with Gasteiger partial charge in [-0.2, -0.15) is 0 Å². The van der Waals surface area contributed by atoms with Crippen molar-refractivity contribution in [3.05, 3.63) is 38.7 Å². The minimum Gasteiger partial charge on any atom is -0.496 e. The summed E-state index contributed by atoms with van der Waals surface area (Å²) < 4.78 is 5.99. The standard InChI is InChI=1S/C9H10BrN3O2/c1-15-9-4-6(10)2-3-7(9)8(5-14)12-13-11/h2-4,8,14H,5H2,1H3. The van der Waals surface area contributed by atoms with Gasteiger partial charge in [0.1, 0.15) is 5.75 Å². The Hall–Kier alpha value is -1.23. The van der Waals surface area contributed by atoms with E-state index in [9.17, 15) is 0 Å². The number of aliphatic hydroxyl groups is 1. The molecule has 1 N–H and O–H groups in total. The molecule has 0 aliphatic carbocycles. The van der Waals surface area contributed by atoms with Crippen LogP contribution in [0.15, 0.2) is 27.8 Å². The van der Waals surface area contributed by atoms with Crippen LogP contribution in [0, 0.1) is 0 Å². The molecular formula is C9H10BrN3O2. The lowest BCUT2D eigenvalue weighted by Crippen LogP contribution is -2.02. The van der Waals surface area contributed by atoms with Crippen LogP contribution in [0.2, 0.25) is 0 Å². The Balaban J connectivity index is 3.16. The van der Waals surface area contributed by atoms with Gasteiger partial charge >= 0.3 is 0 Å². The van der Waals surface area contributed by atoms with E-state index in [4.69, 9.17) is 15.4 Å². The number of hydrogen-bond acceptors (Lipinski definition) is 3. The van der Waals surface area contributed by atoms with Crippen LogP contribution in [0.25, 0.3) is 10.4 Å². The number of methoxy groups -OCH3 is 1. The summed E-state index contributed by atoms with van der Waals surface area (Å²) in [6.45, 7) is -0.248. The molecule has 0 spiro atoms. The molecule has 15 heavy (non-hydrogen) atoms. The molecule has 1 aromatic rings. The van der Waals surface area contributed by atoms with E-state index in [1.807, 2.05) is 0 Å². The molecule has 0 aliphatic heterocycles. The summed E-state index contributed by atoms with van der Waals surface area (Å²) in [5.41, 5.74) is 9.01. The van der Waals surface area contributed by atoms with Crippen molar-refractivity contribution in [3.63, 3.8) is 0 Å². The number of benzene rings is 1. The first-order valence-corrected chi connectivity index (χ1v) is 5.00. The molecular weight excluding hydrogens is 262 g/mol. The zero-order valence-corrected chi connectivity index (χ0v) is 9.68. The fourth-order valence-corrected chi connectivity index (χ4v) is 1.56. The van der Waals surface area contributed by atoms with E-state index < -0.39 is 6.04 Å². The van der Waals surface area contributed by atoms with Gasteiger partial charge in [-0.3, -0.25) is 0 Å². The van der Waals surface area contributed by atoms with Crippen LogP contribution >= 0.6 is 15.9 Å². The second kappa shape index (κ2) is 5.60. The first-order valence-electron chi connectivity index (χ1n) is 4.21. The second-order valence-corrected chi connectivity index (χ2v) is 3.71. The second-order valence-electron chi connectivity index (χ2n) is 2.79. The van der Waals surface area contributed by atoms with E-state index >= 15 is 0 Å². The SMILES string of the molecule is COc1cc(Br)ccc1C(CO)N=[N+]=[N-]. The van der Waals surface area contributed by atoms with Crippen LogP contribution in [0.5, 0.6) is 5.75 Å². The monoisotopic (exact) mass is 271 g/mol. The van der Waals surface area contributed by atoms with Gasteiger partial charge in [-0.25, -0.2) is 0 Å². The van der Waals surface area contributed by atoms with Gasteiger partial charge in [0.15, 0.2) is 0 Å². The van der Waals surface area contributed by atoms with E-state index in [0.29, 0.717) is 11.3 Å². The molecule has 1 atom stereocenters. The van der Waals surface area contributed by atoms with Gasteiger partial charge in [0.25, 0.3) is 0 Å². The molecule has 0 bridgehead atoms. The number of azide groups is 1. The highest BCUT2D eigenvalue weighted by molar-refractivity contribution is 9.10. The van der Waals surface area contributed by atoms with Crippen LogP contribution < -0.4 is 4.74 Å². The number of rotatable bonds is 4. The van der Waals surface area contributed by atoms with Gasteiger partial charge in [-0.15, -0.1) is 0 Å². The molecule has 1 unspecified atom stereocenters. The van der Waals surface area contributed by atoms with Crippen molar-refractivity contribution in [3.8, 4) is 5.75 Å². The molecule has 1 aromatic carbocycles. The molecule has 80 valence electrons. The molecule has 0 amide bonds. The maximum Gasteiger partial charge on any atom is 0.123 e. The van der Waals surface area contributed by atoms with Gasteiger partial charge in [0.2, 0.25) is 0 Å². The topological polar surface area (TPSA) is 78.2 Å². The summed E-state index contributed by atoms with van der Waals surface area (Å²) in [5.74, 6) is 0.579. The quantitative estimate of drug-likeness (QED) is 0.519. The first kappa shape index (κ1) is 11.8. The van der Waals surface area contributed by atoms with Crippen LogP contribution in [-0.2, 0) is 0 Å². The third kappa shape index (κ3) is 2.86. The molecule has 0 radical (unpaired) electrons. The van der Waals surface area contributed by atoms with Crippen molar-refractivity contribution in [1.29, 1.82) is 0 Å². The molecule has 0 heterocycles. The summed E-state index contributed by atoms with van der Waals surface area (Å²) in [4.78, 5) is 2.68. The Morgan fingerprint density at radius 1 is 1.67 bits per heavy atom. The summed E-state index contributed by atoms with van der Waals surface area (Å²) in [5, 5.41) is 12.6. The fourth-order valence-electron chi connectivity index (χ4n) is 1.22. The van der Waals surface area contributed by atoms with Crippen molar-refractivity contribution < 1.29 is 9.84 Å². The maximum atomic E-state index is 9.07. The van der Waals surface area contributed by atoms with Crippen molar-refractivity contribution >= 4 is 15.9 Å². The third-order valence-electron chi connectivity index (χ3n) is 1.92. The minimum absolute atomic E-state index is 0.248. The van der Waals surface area contributed by atoms with E-state index in [1.54, 1.807) is 18.2 Å². The predicted molar refractivity (Wildman–Crippen MR) is 59.7 cm³/mol. The number of halogens is 1. The molecule has 0 aromatic heterocycles. The lowest BCUT2D eigenvalue weighted by molar-refractivity contribution is 0.264. The fraction of sp³-hybridized carbons (Fsp3) is 0.333. The Bertz CT molecular complexity index is 391. The van der Waals surface area contributed by atoms with Crippen LogP contribution in [0.3, 0.4) is 0 Å². The van der Waals surface area contributed by atoms with Gasteiger partial charge in [-0.1, -0.05) is 27.1 Å². The van der Waals surface area contributed by atoms with Gasteiger partial charge in [0.05, 0.1) is 19.8 Å². The third-order valence-corrected chi connectivity index (χ3v) is 2.41. The van der Waals surface area contributed by atoms with Crippen LogP contribution in [0.4, 0.5) is 0 Å². The van der Waals surface area contributed by atoms with E-state index in [-0.39, 0.29) is 6.61 Å². The summed E-state index contributed by atoms with van der Waals surface area (Å²) in [7, 11) is 1.52. The van der Waals surface area contributed by atoms with E-state index in [0.717, 1.165) is 4.47 Å².